The van der Waals surface area contributed by atoms with Gasteiger partial charge < -0.3 is 0 Å². The Morgan fingerprint density at radius 2 is 1.90 bits per heavy atom. The molecule has 3 N–H and O–H groups in total. The summed E-state index contributed by atoms with van der Waals surface area (Å²) < 4.78 is 26.2. The van der Waals surface area contributed by atoms with Gasteiger partial charge in [0.15, 0.2) is 0 Å². The van der Waals surface area contributed by atoms with Crippen molar-refractivity contribution < 1.29 is 13.2 Å². The van der Waals surface area contributed by atoms with Crippen LogP contribution in [-0.4, -0.2) is 20.2 Å². The van der Waals surface area contributed by atoms with Crippen molar-refractivity contribution in [3.63, 3.8) is 0 Å². The smallest absolute Gasteiger partial charge is 0.281 e. The molecule has 0 aromatic heterocycles. The molecular weight excluding hydrogens is 298 g/mol. The van der Waals surface area contributed by atoms with Crippen molar-refractivity contribution in [1.82, 2.24) is 15.0 Å². The number of sulfonamides is 1. The largest absolute Gasteiger partial charge is 0.339 e. The number of carbonyl (C=O) groups is 1. The van der Waals surface area contributed by atoms with Crippen molar-refractivity contribution in [2.75, 3.05) is 5.75 Å². The molecule has 0 atom stereocenters. The molecule has 0 saturated heterocycles. The van der Waals surface area contributed by atoms with E-state index in [9.17, 15) is 13.2 Å². The molecule has 0 aliphatic carbocycles. The fourth-order valence-electron chi connectivity index (χ4n) is 1.25. The molecule has 0 bridgehead atoms. The average Bonchev–Trinajstić information content (AvgIpc) is 2.42. The molecule has 1 rings (SSSR count). The summed E-state index contributed by atoms with van der Waals surface area (Å²) in [5.41, 5.74) is 3.06. The second-order valence-electron chi connectivity index (χ2n) is 4.18. The summed E-state index contributed by atoms with van der Waals surface area (Å²) in [5, 5.41) is 0. The van der Waals surface area contributed by atoms with Gasteiger partial charge >= 0.3 is 6.03 Å². The monoisotopic (exact) mass is 317 g/mol. The third kappa shape index (κ3) is 5.81. The van der Waals surface area contributed by atoms with E-state index in [1.165, 1.54) is 24.1 Å². The number of hydrogen-bond donors (Lipinski definition) is 3. The van der Waals surface area contributed by atoms with Gasteiger partial charge in [-0.3, -0.25) is 10.1 Å². The zero-order valence-electron chi connectivity index (χ0n) is 11.5. The van der Waals surface area contributed by atoms with Crippen LogP contribution in [0.25, 0.3) is 0 Å². The van der Waals surface area contributed by atoms with Gasteiger partial charge in [0.05, 0.1) is 4.90 Å². The molecule has 6 nitrogen and oxygen atoms in total. The number of unbranched alkanes of at least 4 members (excludes halogenated alkanes) is 1. The summed E-state index contributed by atoms with van der Waals surface area (Å²) in [7, 11) is -3.74. The van der Waals surface area contributed by atoms with Crippen molar-refractivity contribution in [2.45, 2.75) is 31.6 Å². The van der Waals surface area contributed by atoms with Crippen LogP contribution in [0.2, 0.25) is 0 Å². The highest BCUT2D eigenvalue weighted by Crippen LogP contribution is 2.08. The van der Waals surface area contributed by atoms with Crippen LogP contribution in [0.5, 0.6) is 0 Å². The van der Waals surface area contributed by atoms with E-state index in [1.54, 1.807) is 12.1 Å². The van der Waals surface area contributed by atoms with Crippen LogP contribution < -0.4 is 15.0 Å². The van der Waals surface area contributed by atoms with Gasteiger partial charge in [0, 0.05) is 5.75 Å². The second-order valence-corrected chi connectivity index (χ2v) is 6.76. The third-order valence-electron chi connectivity index (χ3n) is 2.40. The first kappa shape index (κ1) is 16.8. The van der Waals surface area contributed by atoms with Gasteiger partial charge in [-0.2, -0.15) is 0 Å². The van der Waals surface area contributed by atoms with Gasteiger partial charge in [-0.15, -0.1) is 4.83 Å². The molecule has 20 heavy (non-hydrogen) atoms. The van der Waals surface area contributed by atoms with E-state index >= 15 is 0 Å². The van der Waals surface area contributed by atoms with Crippen LogP contribution in [-0.2, 0) is 10.0 Å². The standard InChI is InChI=1S/C12H19N3O3S2/c1-3-4-9-19-14-12(16)13-15-20(17,18)11-7-5-10(2)6-8-11/h5-8,15H,3-4,9H2,1-2H3,(H2,13,14,16). The van der Waals surface area contributed by atoms with Gasteiger partial charge in [0.2, 0.25) is 0 Å². The van der Waals surface area contributed by atoms with Gasteiger partial charge in [-0.1, -0.05) is 31.0 Å². The Bertz CT molecular complexity index is 529. The van der Waals surface area contributed by atoms with E-state index in [1.807, 2.05) is 11.8 Å². The molecule has 2 amide bonds. The van der Waals surface area contributed by atoms with Gasteiger partial charge in [-0.05, 0) is 37.4 Å². The van der Waals surface area contributed by atoms with Crippen molar-refractivity contribution >= 4 is 28.0 Å². The minimum atomic E-state index is -3.74. The predicted octanol–water partition coefficient (Wildman–Crippen LogP) is 1.94. The number of nitrogens with one attached hydrogen (secondary N) is 3. The fourth-order valence-corrected chi connectivity index (χ4v) is 2.80. The molecule has 0 fully saturated rings. The van der Waals surface area contributed by atoms with Crippen LogP contribution in [0, 0.1) is 6.92 Å². The first-order valence-electron chi connectivity index (χ1n) is 6.22. The molecule has 0 radical (unpaired) electrons. The molecule has 0 heterocycles. The lowest BCUT2D eigenvalue weighted by molar-refractivity contribution is 0.245. The number of hydrazine groups is 1. The number of urea groups is 1. The first-order valence-corrected chi connectivity index (χ1v) is 8.69. The quantitative estimate of drug-likeness (QED) is 0.407. The molecule has 1 aromatic carbocycles. The van der Waals surface area contributed by atoms with E-state index in [0.29, 0.717) is 0 Å². The van der Waals surface area contributed by atoms with Crippen LogP contribution in [0.15, 0.2) is 29.2 Å². The highest BCUT2D eigenvalue weighted by molar-refractivity contribution is 7.97. The summed E-state index contributed by atoms with van der Waals surface area (Å²) in [4.78, 5) is 13.5. The highest BCUT2D eigenvalue weighted by Gasteiger charge is 2.14. The Hall–Kier alpha value is -1.25. The van der Waals surface area contributed by atoms with E-state index in [2.05, 4.69) is 17.1 Å². The molecule has 0 saturated carbocycles. The third-order valence-corrected chi connectivity index (χ3v) is 4.48. The second kappa shape index (κ2) is 8.13. The molecular formula is C12H19N3O3S2. The van der Waals surface area contributed by atoms with Crippen molar-refractivity contribution in [3.05, 3.63) is 29.8 Å². The normalized spacial score (nSPS) is 11.1. The number of rotatable bonds is 7. The van der Waals surface area contributed by atoms with E-state index in [4.69, 9.17) is 0 Å². The number of aryl methyl sites for hydroxylation is 1. The van der Waals surface area contributed by atoms with Crippen LogP contribution >= 0.6 is 11.9 Å². The lowest BCUT2D eigenvalue weighted by atomic mass is 10.2. The summed E-state index contributed by atoms with van der Waals surface area (Å²) >= 11 is 1.24. The van der Waals surface area contributed by atoms with Crippen molar-refractivity contribution in [2.24, 2.45) is 0 Å². The molecule has 1 aromatic rings. The number of benzene rings is 1. The minimum absolute atomic E-state index is 0.0991. The Kier molecular flexibility index (Phi) is 6.83. The van der Waals surface area contributed by atoms with Crippen LogP contribution in [0.1, 0.15) is 25.3 Å². The van der Waals surface area contributed by atoms with Gasteiger partial charge in [0.25, 0.3) is 10.0 Å². The SMILES string of the molecule is CCCCSNC(=O)NNS(=O)(=O)c1ccc(C)cc1. The highest BCUT2D eigenvalue weighted by atomic mass is 32.2. The summed E-state index contributed by atoms with van der Waals surface area (Å²) in [6, 6.07) is 5.74. The zero-order chi connectivity index (χ0) is 15.0. The van der Waals surface area contributed by atoms with E-state index in [-0.39, 0.29) is 4.90 Å². The average molecular weight is 317 g/mol. The molecule has 0 unspecified atom stereocenters. The number of carbonyl (C=O) groups excluding carboxylic acids is 1. The van der Waals surface area contributed by atoms with Crippen LogP contribution in [0.4, 0.5) is 4.79 Å². The Morgan fingerprint density at radius 1 is 1.25 bits per heavy atom. The zero-order valence-corrected chi connectivity index (χ0v) is 13.1. The molecule has 8 heteroatoms. The van der Waals surface area contributed by atoms with E-state index in [0.717, 1.165) is 24.2 Å². The fraction of sp³-hybridized carbons (Fsp3) is 0.417. The first-order chi connectivity index (χ1) is 9.45. The van der Waals surface area contributed by atoms with E-state index < -0.39 is 16.1 Å². The number of hydrogen-bond acceptors (Lipinski definition) is 4. The van der Waals surface area contributed by atoms with Crippen LogP contribution in [0.3, 0.4) is 0 Å². The minimum Gasteiger partial charge on any atom is -0.281 e. The summed E-state index contributed by atoms with van der Waals surface area (Å²) in [5.74, 6) is 0.786. The lowest BCUT2D eigenvalue weighted by Gasteiger charge is -2.09. The van der Waals surface area contributed by atoms with Crippen molar-refractivity contribution in [3.8, 4) is 0 Å². The Labute approximate surface area is 123 Å². The molecule has 0 aliphatic rings. The molecule has 0 spiro atoms. The van der Waals surface area contributed by atoms with Gasteiger partial charge in [-0.25, -0.2) is 13.2 Å². The summed E-state index contributed by atoms with van der Waals surface area (Å²) in [6.45, 7) is 3.92. The Morgan fingerprint density at radius 3 is 2.50 bits per heavy atom. The molecule has 112 valence electrons. The van der Waals surface area contributed by atoms with Gasteiger partial charge in [0.1, 0.15) is 0 Å². The lowest BCUT2D eigenvalue weighted by Crippen LogP contribution is -2.45. The maximum Gasteiger partial charge on any atom is 0.339 e. The molecule has 0 aliphatic heterocycles. The van der Waals surface area contributed by atoms with Crippen molar-refractivity contribution in [1.29, 1.82) is 0 Å². The number of amides is 2. The predicted molar refractivity (Wildman–Crippen MR) is 80.5 cm³/mol. The Balaban J connectivity index is 2.43. The maximum atomic E-state index is 11.9. The maximum absolute atomic E-state index is 11.9. The summed E-state index contributed by atoms with van der Waals surface area (Å²) in [6.07, 6.45) is 2.02. The topological polar surface area (TPSA) is 87.3 Å².